The summed E-state index contributed by atoms with van der Waals surface area (Å²) in [6.45, 7) is 7.88. The van der Waals surface area contributed by atoms with Crippen molar-refractivity contribution in [1.82, 2.24) is 4.98 Å². The highest BCUT2D eigenvalue weighted by Gasteiger charge is 2.57. The molecule has 3 heterocycles. The molecule has 0 radical (unpaired) electrons. The van der Waals surface area contributed by atoms with Gasteiger partial charge in [0.2, 0.25) is 0 Å². The van der Waals surface area contributed by atoms with Gasteiger partial charge >= 0.3 is 18.1 Å². The summed E-state index contributed by atoms with van der Waals surface area (Å²) in [5.74, 6) is -3.19. The van der Waals surface area contributed by atoms with Gasteiger partial charge in [-0.1, -0.05) is 32.1 Å². The number of methoxy groups -OCH3 is 1. The number of ether oxygens (including phenoxy) is 6. The average molecular weight is 664 g/mol. The first-order valence-electron chi connectivity index (χ1n) is 16.2. The number of aromatic nitrogens is 1. The number of aromatic amines is 1. The van der Waals surface area contributed by atoms with Crippen LogP contribution in [0.2, 0.25) is 0 Å². The quantitative estimate of drug-likeness (QED) is 0.146. The Balaban J connectivity index is 1.64. The molecule has 11 atom stereocenters. The zero-order valence-corrected chi connectivity index (χ0v) is 27.9. The van der Waals surface area contributed by atoms with Gasteiger partial charge in [0.15, 0.2) is 6.10 Å². The number of cyclic esters (lactones) is 1. The summed E-state index contributed by atoms with van der Waals surface area (Å²) >= 11 is 0. The van der Waals surface area contributed by atoms with Crippen molar-refractivity contribution in [2.75, 3.05) is 26.9 Å². The van der Waals surface area contributed by atoms with Crippen LogP contribution in [0.3, 0.4) is 0 Å². The lowest BCUT2D eigenvalue weighted by atomic mass is 9.69. The lowest BCUT2D eigenvalue weighted by Gasteiger charge is -2.41. The molecule has 4 rings (SSSR count). The third kappa shape index (κ3) is 8.09. The number of aliphatic hydroxyl groups excluding tert-OH is 3. The fourth-order valence-corrected chi connectivity index (χ4v) is 6.80. The molecule has 4 N–H and O–H groups in total. The Hall–Kier alpha value is -3.23. The van der Waals surface area contributed by atoms with Gasteiger partial charge in [0, 0.05) is 42.9 Å². The van der Waals surface area contributed by atoms with Crippen molar-refractivity contribution in [2.45, 2.75) is 89.7 Å². The second-order valence-electron chi connectivity index (χ2n) is 13.1. The Kier molecular flexibility index (Phi) is 12.3. The Morgan fingerprint density at radius 1 is 1.13 bits per heavy atom. The number of hydrogen-bond acceptors (Lipinski definition) is 12. The van der Waals surface area contributed by atoms with E-state index in [0.29, 0.717) is 12.1 Å². The molecular formula is C34H49NO12. The Morgan fingerprint density at radius 2 is 1.85 bits per heavy atom. The van der Waals surface area contributed by atoms with Crippen LogP contribution in [0.15, 0.2) is 42.1 Å². The number of esters is 2. The van der Waals surface area contributed by atoms with E-state index in [1.807, 2.05) is 39.0 Å². The summed E-state index contributed by atoms with van der Waals surface area (Å²) in [5.41, 5.74) is 0.268. The fraction of sp³-hybridized carbons (Fsp3) is 0.676. The molecule has 1 saturated heterocycles. The van der Waals surface area contributed by atoms with E-state index in [1.165, 1.54) is 7.11 Å². The van der Waals surface area contributed by atoms with Gasteiger partial charge in [-0.25, -0.2) is 14.4 Å². The predicted octanol–water partition coefficient (Wildman–Crippen LogP) is 2.94. The number of carbonyl (C=O) groups excluding carboxylic acids is 3. The first-order valence-corrected chi connectivity index (χ1v) is 16.2. The summed E-state index contributed by atoms with van der Waals surface area (Å²) in [6.07, 6.45) is 2.41. The number of hydrogen-bond donors (Lipinski definition) is 4. The van der Waals surface area contributed by atoms with Crippen molar-refractivity contribution in [3.05, 3.63) is 47.8 Å². The van der Waals surface area contributed by atoms with Crippen molar-refractivity contribution in [3.63, 3.8) is 0 Å². The van der Waals surface area contributed by atoms with E-state index in [-0.39, 0.29) is 38.1 Å². The van der Waals surface area contributed by atoms with Crippen LogP contribution < -0.4 is 0 Å². The second-order valence-corrected chi connectivity index (χ2v) is 13.1. The maximum Gasteiger partial charge on any atom is 0.508 e. The van der Waals surface area contributed by atoms with Crippen LogP contribution in [0.5, 0.6) is 0 Å². The average Bonchev–Trinajstić information content (AvgIpc) is 3.69. The van der Waals surface area contributed by atoms with Crippen LogP contribution >= 0.6 is 0 Å². The number of H-pyrrole nitrogens is 1. The minimum atomic E-state index is -1.03. The predicted molar refractivity (Wildman–Crippen MR) is 167 cm³/mol. The van der Waals surface area contributed by atoms with Crippen LogP contribution in [0, 0.1) is 29.6 Å². The van der Waals surface area contributed by atoms with Gasteiger partial charge in [-0.3, -0.25) is 0 Å². The van der Waals surface area contributed by atoms with E-state index in [1.54, 1.807) is 32.2 Å². The van der Waals surface area contributed by atoms with Gasteiger partial charge in [0.25, 0.3) is 0 Å². The molecule has 1 aromatic rings. The molecule has 262 valence electrons. The topological polar surface area (TPSA) is 183 Å². The maximum atomic E-state index is 13.5. The largest absolute Gasteiger partial charge is 0.508 e. The van der Waals surface area contributed by atoms with Gasteiger partial charge < -0.3 is 48.7 Å². The van der Waals surface area contributed by atoms with Crippen molar-refractivity contribution in [1.29, 1.82) is 0 Å². The molecule has 2 bridgehead atoms. The van der Waals surface area contributed by atoms with Crippen LogP contribution in [0.4, 0.5) is 4.79 Å². The lowest BCUT2D eigenvalue weighted by Crippen LogP contribution is -2.48. The van der Waals surface area contributed by atoms with Gasteiger partial charge in [0.1, 0.15) is 36.7 Å². The van der Waals surface area contributed by atoms with Crippen molar-refractivity contribution >= 4 is 18.1 Å². The highest BCUT2D eigenvalue weighted by Crippen LogP contribution is 2.53. The fourth-order valence-electron chi connectivity index (χ4n) is 6.80. The third-order valence-electron chi connectivity index (χ3n) is 9.83. The first-order chi connectivity index (χ1) is 22.3. The van der Waals surface area contributed by atoms with E-state index in [2.05, 4.69) is 4.98 Å². The normalized spacial score (nSPS) is 32.6. The van der Waals surface area contributed by atoms with Gasteiger partial charge in [0.05, 0.1) is 24.9 Å². The van der Waals surface area contributed by atoms with Crippen molar-refractivity contribution in [3.8, 4) is 0 Å². The molecule has 13 nitrogen and oxygen atoms in total. The number of fused-ring (bicyclic) bond motifs is 1. The highest BCUT2D eigenvalue weighted by molar-refractivity contribution is 5.87. The van der Waals surface area contributed by atoms with Gasteiger partial charge in [-0.15, -0.1) is 0 Å². The SMILES string of the molecule is CO[C@H]1C[C@H]2C=C[C@@H]3C[C@]2(O[C@H]3[C@H](OC(=O)c2ccc[nH]2)[C@H](C)[C@H](C)O)/C(C)=C/[C@@H](C)[C@@H]([C@@H](C)OC(=O)OCC(CO)CO)OC1=O. The molecule has 2 aliphatic heterocycles. The Morgan fingerprint density at radius 3 is 2.47 bits per heavy atom. The number of carbonyl (C=O) groups is 3. The van der Waals surface area contributed by atoms with E-state index in [0.717, 1.165) is 5.57 Å². The summed E-state index contributed by atoms with van der Waals surface area (Å²) in [5, 5.41) is 29.1. The number of rotatable bonds is 12. The highest BCUT2D eigenvalue weighted by atomic mass is 16.7. The third-order valence-corrected chi connectivity index (χ3v) is 9.83. The zero-order chi connectivity index (χ0) is 34.5. The van der Waals surface area contributed by atoms with Crippen molar-refractivity contribution < 1.29 is 58.1 Å². The standard InChI is InChI=1S/C34H49NO12/c1-18-12-19(2)34-14-24(30(47-34)29(20(3)21(4)38)46-31(39)26-8-7-11-35-26)9-10-25(34)13-27(42-6)32(40)45-28(18)22(5)44-33(41)43-17-23(15-36)16-37/h7-12,18,20-25,27-30,35-38H,13-17H2,1-6H3/b19-12+/t18-,20-,21+,22-,24-,25-,27+,28+,29-,30-,34+/m1/s1. The molecule has 13 heteroatoms. The number of nitrogens with one attached hydrogen (secondary N) is 1. The van der Waals surface area contributed by atoms with Gasteiger partial charge in [-0.05, 0) is 51.3 Å². The van der Waals surface area contributed by atoms with E-state index in [4.69, 9.17) is 28.4 Å². The molecule has 0 aromatic carbocycles. The van der Waals surface area contributed by atoms with Crippen molar-refractivity contribution in [2.24, 2.45) is 29.6 Å². The molecule has 1 aromatic heterocycles. The molecule has 0 saturated carbocycles. The minimum absolute atomic E-state index is 0.155. The maximum absolute atomic E-state index is 13.5. The smallest absolute Gasteiger partial charge is 0.456 e. The molecule has 0 amide bonds. The van der Waals surface area contributed by atoms with Gasteiger partial charge in [-0.2, -0.15) is 0 Å². The summed E-state index contributed by atoms with van der Waals surface area (Å²) < 4.78 is 35.1. The second kappa shape index (κ2) is 15.8. The molecular weight excluding hydrogens is 614 g/mol. The Labute approximate surface area is 275 Å². The molecule has 1 fully saturated rings. The molecule has 1 aliphatic carbocycles. The molecule has 3 aliphatic rings. The van der Waals surface area contributed by atoms with Crippen LogP contribution in [0.25, 0.3) is 0 Å². The first kappa shape index (κ1) is 36.6. The zero-order valence-electron chi connectivity index (χ0n) is 27.9. The minimum Gasteiger partial charge on any atom is -0.456 e. The molecule has 47 heavy (non-hydrogen) atoms. The van der Waals surface area contributed by atoms with E-state index < -0.39 is 78.1 Å². The van der Waals surface area contributed by atoms with E-state index in [9.17, 15) is 29.7 Å². The summed E-state index contributed by atoms with van der Waals surface area (Å²) in [4.78, 5) is 41.9. The summed E-state index contributed by atoms with van der Waals surface area (Å²) in [7, 11) is 1.43. The summed E-state index contributed by atoms with van der Waals surface area (Å²) in [6, 6.07) is 3.32. The molecule has 0 unspecified atom stereocenters. The van der Waals surface area contributed by atoms with Crippen LogP contribution in [-0.4, -0.2) is 108 Å². The lowest BCUT2D eigenvalue weighted by molar-refractivity contribution is -0.173. The van der Waals surface area contributed by atoms with Crippen LogP contribution in [0.1, 0.15) is 57.9 Å². The molecule has 1 spiro atoms. The van der Waals surface area contributed by atoms with Crippen LogP contribution in [-0.2, 0) is 33.2 Å². The van der Waals surface area contributed by atoms with E-state index >= 15 is 0 Å². The number of aliphatic hydroxyl groups is 3. The Bertz CT molecular complexity index is 1270. The monoisotopic (exact) mass is 663 g/mol.